The lowest BCUT2D eigenvalue weighted by Gasteiger charge is -2.34. The van der Waals surface area contributed by atoms with Crippen molar-refractivity contribution in [2.75, 3.05) is 48.8 Å². The van der Waals surface area contributed by atoms with Gasteiger partial charge in [0.2, 0.25) is 5.95 Å². The van der Waals surface area contributed by atoms with E-state index in [1.807, 2.05) is 31.2 Å². The van der Waals surface area contributed by atoms with Crippen LogP contribution in [0.1, 0.15) is 28.8 Å². The topological polar surface area (TPSA) is 85.4 Å². The molecule has 3 aromatic rings. The van der Waals surface area contributed by atoms with Crippen LogP contribution in [0, 0.1) is 6.92 Å². The molecule has 8 heteroatoms. The molecular formula is C26H31N7O. The Labute approximate surface area is 200 Å². The summed E-state index contributed by atoms with van der Waals surface area (Å²) in [5.41, 5.74) is 4.65. The lowest BCUT2D eigenvalue weighted by atomic mass is 10.2. The molecule has 0 unspecified atom stereocenters. The number of nitrogens with one attached hydrogen (secondary N) is 3. The summed E-state index contributed by atoms with van der Waals surface area (Å²) in [5.74, 6) is 1.24. The van der Waals surface area contributed by atoms with Gasteiger partial charge in [0.25, 0.3) is 5.91 Å². The fourth-order valence-electron chi connectivity index (χ4n) is 3.92. The zero-order valence-corrected chi connectivity index (χ0v) is 19.7. The van der Waals surface area contributed by atoms with E-state index < -0.39 is 0 Å². The first kappa shape index (κ1) is 22.2. The van der Waals surface area contributed by atoms with Gasteiger partial charge in [-0.2, -0.15) is 4.98 Å². The first-order chi connectivity index (χ1) is 16.5. The van der Waals surface area contributed by atoms with Crippen LogP contribution in [-0.2, 0) is 0 Å². The van der Waals surface area contributed by atoms with Crippen molar-refractivity contribution >= 4 is 34.7 Å². The Morgan fingerprint density at radius 3 is 2.24 bits per heavy atom. The minimum absolute atomic E-state index is 0.0163. The molecule has 1 aromatic heterocycles. The molecule has 3 N–H and O–H groups in total. The number of anilines is 5. The van der Waals surface area contributed by atoms with Crippen LogP contribution in [0.3, 0.4) is 0 Å². The molecule has 0 spiro atoms. The van der Waals surface area contributed by atoms with Crippen molar-refractivity contribution in [1.29, 1.82) is 0 Å². The standard InChI is InChI=1S/C26H31N7O/c1-18-17-27-26(30-22-9-11-23(12-10-22)33-15-13-32(2)14-16-33)31-24(18)28-20-5-3-19(4-6-20)25(34)29-21-7-8-21/h3-6,9-12,17,21H,7-8,13-16H2,1-2H3,(H,29,34)(H2,27,28,30,31). The zero-order valence-electron chi connectivity index (χ0n) is 19.7. The molecule has 2 fully saturated rings. The highest BCUT2D eigenvalue weighted by molar-refractivity contribution is 5.95. The van der Waals surface area contributed by atoms with Gasteiger partial charge < -0.3 is 25.8 Å². The van der Waals surface area contributed by atoms with E-state index in [1.165, 1.54) is 5.69 Å². The van der Waals surface area contributed by atoms with Gasteiger partial charge in [-0.3, -0.25) is 4.79 Å². The molecule has 176 valence electrons. The van der Waals surface area contributed by atoms with Gasteiger partial charge in [-0.15, -0.1) is 0 Å². The van der Waals surface area contributed by atoms with E-state index in [9.17, 15) is 4.79 Å². The summed E-state index contributed by atoms with van der Waals surface area (Å²) < 4.78 is 0. The number of carbonyl (C=O) groups is 1. The first-order valence-electron chi connectivity index (χ1n) is 11.9. The number of benzene rings is 2. The largest absolute Gasteiger partial charge is 0.369 e. The third kappa shape index (κ3) is 5.46. The van der Waals surface area contributed by atoms with Crippen LogP contribution < -0.4 is 20.9 Å². The van der Waals surface area contributed by atoms with Gasteiger partial charge in [0.05, 0.1) is 0 Å². The zero-order chi connectivity index (χ0) is 23.5. The smallest absolute Gasteiger partial charge is 0.251 e. The highest BCUT2D eigenvalue weighted by Gasteiger charge is 2.23. The average Bonchev–Trinajstić information content (AvgIpc) is 3.67. The van der Waals surface area contributed by atoms with Gasteiger partial charge in [0, 0.05) is 66.6 Å². The first-order valence-corrected chi connectivity index (χ1v) is 11.9. The molecule has 2 aliphatic rings. The van der Waals surface area contributed by atoms with Gasteiger partial charge in [-0.05, 0) is 75.3 Å². The summed E-state index contributed by atoms with van der Waals surface area (Å²) in [7, 11) is 2.17. The van der Waals surface area contributed by atoms with Crippen molar-refractivity contribution in [1.82, 2.24) is 20.2 Å². The van der Waals surface area contributed by atoms with Gasteiger partial charge in [0.1, 0.15) is 5.82 Å². The quantitative estimate of drug-likeness (QED) is 0.496. The molecule has 34 heavy (non-hydrogen) atoms. The summed E-state index contributed by atoms with van der Waals surface area (Å²) in [6.45, 7) is 6.23. The highest BCUT2D eigenvalue weighted by atomic mass is 16.1. The van der Waals surface area contributed by atoms with E-state index in [2.05, 4.69) is 67.0 Å². The van der Waals surface area contributed by atoms with Crippen molar-refractivity contribution in [3.05, 3.63) is 65.9 Å². The summed E-state index contributed by atoms with van der Waals surface area (Å²) in [6, 6.07) is 16.2. The summed E-state index contributed by atoms with van der Waals surface area (Å²) >= 11 is 0. The second-order valence-electron chi connectivity index (χ2n) is 9.14. The Morgan fingerprint density at radius 2 is 1.56 bits per heavy atom. The van der Waals surface area contributed by atoms with Crippen molar-refractivity contribution in [3.63, 3.8) is 0 Å². The Morgan fingerprint density at radius 1 is 0.912 bits per heavy atom. The Kier molecular flexibility index (Phi) is 6.31. The van der Waals surface area contributed by atoms with Crippen LogP contribution in [-0.4, -0.2) is 60.0 Å². The van der Waals surface area contributed by atoms with Gasteiger partial charge in [-0.25, -0.2) is 4.98 Å². The van der Waals surface area contributed by atoms with Gasteiger partial charge in [0.15, 0.2) is 0 Å². The number of likely N-dealkylation sites (N-methyl/N-ethyl adjacent to an activating group) is 1. The number of hydrogen-bond acceptors (Lipinski definition) is 7. The average molecular weight is 458 g/mol. The molecule has 5 rings (SSSR count). The number of aryl methyl sites for hydroxylation is 1. The Hall–Kier alpha value is -3.65. The van der Waals surface area contributed by atoms with Crippen LogP contribution in [0.4, 0.5) is 28.8 Å². The molecule has 0 atom stereocenters. The van der Waals surface area contributed by atoms with E-state index in [4.69, 9.17) is 0 Å². The third-order valence-electron chi connectivity index (χ3n) is 6.29. The van der Waals surface area contributed by atoms with Gasteiger partial charge in [-0.1, -0.05) is 0 Å². The van der Waals surface area contributed by atoms with Crippen LogP contribution in [0.15, 0.2) is 54.7 Å². The highest BCUT2D eigenvalue weighted by Crippen LogP contribution is 2.24. The number of carbonyl (C=O) groups excluding carboxylic acids is 1. The molecule has 0 radical (unpaired) electrons. The summed E-state index contributed by atoms with van der Waals surface area (Å²) in [5, 5.41) is 9.65. The van der Waals surface area contributed by atoms with Crippen molar-refractivity contribution in [3.8, 4) is 0 Å². The number of amides is 1. The number of aromatic nitrogens is 2. The SMILES string of the molecule is Cc1cnc(Nc2ccc(N3CCN(C)CC3)cc2)nc1Nc1ccc(C(=O)NC2CC2)cc1. The van der Waals surface area contributed by atoms with Crippen LogP contribution in [0.25, 0.3) is 0 Å². The maximum atomic E-state index is 12.2. The number of piperazine rings is 1. The molecule has 0 bridgehead atoms. The lowest BCUT2D eigenvalue weighted by molar-refractivity contribution is 0.0951. The minimum Gasteiger partial charge on any atom is -0.369 e. The lowest BCUT2D eigenvalue weighted by Crippen LogP contribution is -2.44. The van der Waals surface area contributed by atoms with E-state index in [1.54, 1.807) is 6.20 Å². The Bertz CT molecular complexity index is 1130. The normalized spacial score (nSPS) is 16.2. The molecule has 1 saturated heterocycles. The van der Waals surface area contributed by atoms with Crippen LogP contribution in [0.2, 0.25) is 0 Å². The maximum Gasteiger partial charge on any atom is 0.251 e. The Balaban J connectivity index is 1.22. The molecule has 1 aliphatic carbocycles. The molecule has 2 aromatic carbocycles. The number of nitrogens with zero attached hydrogens (tertiary/aromatic N) is 4. The molecule has 8 nitrogen and oxygen atoms in total. The van der Waals surface area contributed by atoms with Crippen molar-refractivity contribution in [2.24, 2.45) is 0 Å². The maximum absolute atomic E-state index is 12.2. The van der Waals surface area contributed by atoms with E-state index in [0.29, 0.717) is 17.6 Å². The van der Waals surface area contributed by atoms with E-state index in [-0.39, 0.29) is 5.91 Å². The van der Waals surface area contributed by atoms with Crippen molar-refractivity contribution < 1.29 is 4.79 Å². The fraction of sp³-hybridized carbons (Fsp3) is 0.346. The number of rotatable bonds is 7. The summed E-state index contributed by atoms with van der Waals surface area (Å²) in [6.07, 6.45) is 3.96. The second-order valence-corrected chi connectivity index (χ2v) is 9.14. The monoisotopic (exact) mass is 457 g/mol. The van der Waals surface area contributed by atoms with E-state index in [0.717, 1.165) is 61.8 Å². The fourth-order valence-corrected chi connectivity index (χ4v) is 3.92. The van der Waals surface area contributed by atoms with Crippen LogP contribution in [0.5, 0.6) is 0 Å². The van der Waals surface area contributed by atoms with Crippen molar-refractivity contribution in [2.45, 2.75) is 25.8 Å². The van der Waals surface area contributed by atoms with Gasteiger partial charge >= 0.3 is 0 Å². The van der Waals surface area contributed by atoms with E-state index >= 15 is 0 Å². The van der Waals surface area contributed by atoms with Crippen LogP contribution >= 0.6 is 0 Å². The number of hydrogen-bond donors (Lipinski definition) is 3. The summed E-state index contributed by atoms with van der Waals surface area (Å²) in [4.78, 5) is 26.1. The predicted molar refractivity (Wildman–Crippen MR) is 136 cm³/mol. The minimum atomic E-state index is -0.0163. The molecular weight excluding hydrogens is 426 g/mol. The second kappa shape index (κ2) is 9.69. The molecule has 1 amide bonds. The third-order valence-corrected chi connectivity index (χ3v) is 6.29. The molecule has 1 aliphatic heterocycles. The predicted octanol–water partition coefficient (Wildman–Crippen LogP) is 3.92. The molecule has 2 heterocycles. The molecule has 1 saturated carbocycles.